The van der Waals surface area contributed by atoms with Crippen molar-refractivity contribution in [2.45, 2.75) is 6.18 Å². The van der Waals surface area contributed by atoms with E-state index in [1.54, 1.807) is 0 Å². The minimum absolute atomic E-state index is 0.0878. The Labute approximate surface area is 116 Å². The van der Waals surface area contributed by atoms with E-state index in [2.05, 4.69) is 4.98 Å². The molecule has 1 heterocycles. The van der Waals surface area contributed by atoms with Gasteiger partial charge >= 0.3 is 6.18 Å². The maximum Gasteiger partial charge on any atom is 0.433 e. The second kappa shape index (κ2) is 5.18. The van der Waals surface area contributed by atoms with Crippen molar-refractivity contribution < 1.29 is 39.5 Å². The maximum absolute atomic E-state index is 13.5. The van der Waals surface area contributed by atoms with Gasteiger partial charge in [-0.1, -0.05) is 0 Å². The Bertz CT molecular complexity index is 722. The van der Waals surface area contributed by atoms with Gasteiger partial charge in [-0.15, -0.1) is 0 Å². The second-order valence-electron chi connectivity index (χ2n) is 4.00. The molecule has 0 saturated carbocycles. The summed E-state index contributed by atoms with van der Waals surface area (Å²) in [6.45, 7) is 0. The SMILES string of the molecule is Fc1cc(-c2c(F)c(F)c(F)c(F)c2F)nc(C(F)(F)F)c1. The molecule has 10 heteroatoms. The van der Waals surface area contributed by atoms with Crippen molar-refractivity contribution in [2.75, 3.05) is 0 Å². The summed E-state index contributed by atoms with van der Waals surface area (Å²) in [6, 6.07) is 0.0308. The summed E-state index contributed by atoms with van der Waals surface area (Å²) in [5.41, 5.74) is -5.01. The normalized spacial score (nSPS) is 11.9. The van der Waals surface area contributed by atoms with Gasteiger partial charge < -0.3 is 0 Å². The van der Waals surface area contributed by atoms with Crippen LogP contribution < -0.4 is 0 Å². The lowest BCUT2D eigenvalue weighted by molar-refractivity contribution is -0.141. The molecule has 22 heavy (non-hydrogen) atoms. The van der Waals surface area contributed by atoms with Gasteiger partial charge in [0.1, 0.15) is 11.5 Å². The lowest BCUT2D eigenvalue weighted by Crippen LogP contribution is -2.11. The molecule has 0 spiro atoms. The van der Waals surface area contributed by atoms with Gasteiger partial charge in [0, 0.05) is 12.1 Å². The van der Waals surface area contributed by atoms with E-state index in [0.717, 1.165) is 0 Å². The Morgan fingerprint density at radius 1 is 0.682 bits per heavy atom. The van der Waals surface area contributed by atoms with Crippen molar-refractivity contribution in [1.29, 1.82) is 0 Å². The van der Waals surface area contributed by atoms with E-state index in [-0.39, 0.29) is 12.1 Å². The highest BCUT2D eigenvalue weighted by Gasteiger charge is 2.35. The van der Waals surface area contributed by atoms with Gasteiger partial charge in [-0.25, -0.2) is 31.3 Å². The second-order valence-corrected chi connectivity index (χ2v) is 4.00. The van der Waals surface area contributed by atoms with E-state index in [0.29, 0.717) is 0 Å². The predicted molar refractivity (Wildman–Crippen MR) is 54.4 cm³/mol. The van der Waals surface area contributed by atoms with Gasteiger partial charge in [0.15, 0.2) is 23.3 Å². The average molecular weight is 331 g/mol. The lowest BCUT2D eigenvalue weighted by Gasteiger charge is -2.11. The Morgan fingerprint density at radius 3 is 1.59 bits per heavy atom. The van der Waals surface area contributed by atoms with Crippen molar-refractivity contribution in [3.8, 4) is 11.3 Å². The Morgan fingerprint density at radius 2 is 1.14 bits per heavy atom. The molecule has 0 amide bonds. The summed E-state index contributed by atoms with van der Waals surface area (Å²) in [5.74, 6) is -13.7. The van der Waals surface area contributed by atoms with Gasteiger partial charge in [-0.05, 0) is 0 Å². The minimum Gasteiger partial charge on any atom is -0.243 e. The summed E-state index contributed by atoms with van der Waals surface area (Å²) in [4.78, 5) is 2.71. The molecule has 0 N–H and O–H groups in total. The van der Waals surface area contributed by atoms with Crippen LogP contribution in [0.3, 0.4) is 0 Å². The van der Waals surface area contributed by atoms with Gasteiger partial charge in [-0.3, -0.25) is 0 Å². The Kier molecular flexibility index (Phi) is 3.80. The lowest BCUT2D eigenvalue weighted by atomic mass is 10.1. The Hall–Kier alpha value is -2.26. The van der Waals surface area contributed by atoms with Gasteiger partial charge in [0.25, 0.3) is 0 Å². The molecule has 1 nitrogen and oxygen atoms in total. The molecular formula is C12H2F9N. The standard InChI is InChI=1S/C12H2F9N/c13-3-1-4(22-5(2-3)12(19,20)21)6-7(14)9(16)11(18)10(17)8(6)15/h1-2H. The molecule has 118 valence electrons. The summed E-state index contributed by atoms with van der Waals surface area (Å²) >= 11 is 0. The van der Waals surface area contributed by atoms with Crippen LogP contribution >= 0.6 is 0 Å². The van der Waals surface area contributed by atoms with Crippen molar-refractivity contribution in [3.63, 3.8) is 0 Å². The average Bonchev–Trinajstić information content (AvgIpc) is 2.42. The third-order valence-corrected chi connectivity index (χ3v) is 2.55. The zero-order valence-electron chi connectivity index (χ0n) is 10.0. The molecule has 0 fully saturated rings. The zero-order chi connectivity index (χ0) is 16.8. The summed E-state index contributed by atoms with van der Waals surface area (Å²) < 4.78 is 116. The van der Waals surface area contributed by atoms with Gasteiger partial charge in [0.05, 0.1) is 11.3 Å². The molecule has 0 saturated heterocycles. The van der Waals surface area contributed by atoms with E-state index in [4.69, 9.17) is 0 Å². The molecule has 0 unspecified atom stereocenters. The quantitative estimate of drug-likeness (QED) is 0.423. The molecule has 0 aliphatic carbocycles. The van der Waals surface area contributed by atoms with Crippen LogP contribution in [0.25, 0.3) is 11.3 Å². The van der Waals surface area contributed by atoms with Crippen LogP contribution in [0.2, 0.25) is 0 Å². The largest absolute Gasteiger partial charge is 0.433 e. The first kappa shape index (κ1) is 16.1. The number of hydrogen-bond acceptors (Lipinski definition) is 1. The molecule has 0 aliphatic heterocycles. The van der Waals surface area contributed by atoms with Gasteiger partial charge in [-0.2, -0.15) is 13.2 Å². The van der Waals surface area contributed by atoms with E-state index >= 15 is 0 Å². The summed E-state index contributed by atoms with van der Waals surface area (Å²) in [7, 11) is 0. The van der Waals surface area contributed by atoms with Crippen LogP contribution in [0.5, 0.6) is 0 Å². The predicted octanol–water partition coefficient (Wildman–Crippen LogP) is 4.60. The third-order valence-electron chi connectivity index (χ3n) is 2.55. The number of nitrogens with zero attached hydrogens (tertiary/aromatic N) is 1. The van der Waals surface area contributed by atoms with Crippen molar-refractivity contribution in [3.05, 3.63) is 52.7 Å². The van der Waals surface area contributed by atoms with E-state index in [1.807, 2.05) is 0 Å². The van der Waals surface area contributed by atoms with Gasteiger partial charge in [0.2, 0.25) is 5.82 Å². The van der Waals surface area contributed by atoms with Crippen LogP contribution in [-0.4, -0.2) is 4.98 Å². The number of halogens is 9. The fraction of sp³-hybridized carbons (Fsp3) is 0.0833. The van der Waals surface area contributed by atoms with E-state index < -0.39 is 58.0 Å². The number of pyridine rings is 1. The smallest absolute Gasteiger partial charge is 0.243 e. The fourth-order valence-corrected chi connectivity index (χ4v) is 1.60. The first-order chi connectivity index (χ1) is 10.0. The minimum atomic E-state index is -5.18. The van der Waals surface area contributed by atoms with Crippen molar-refractivity contribution in [2.24, 2.45) is 0 Å². The van der Waals surface area contributed by atoms with Crippen molar-refractivity contribution in [1.82, 2.24) is 4.98 Å². The number of rotatable bonds is 1. The van der Waals surface area contributed by atoms with Crippen molar-refractivity contribution >= 4 is 0 Å². The molecule has 1 aromatic carbocycles. The van der Waals surface area contributed by atoms with Crippen LogP contribution in [0.1, 0.15) is 5.69 Å². The molecule has 0 aliphatic rings. The number of alkyl halides is 3. The van der Waals surface area contributed by atoms with E-state index in [9.17, 15) is 39.5 Å². The molecule has 0 atom stereocenters. The number of benzene rings is 1. The summed E-state index contributed by atoms with van der Waals surface area (Å²) in [5, 5.41) is 0. The van der Waals surface area contributed by atoms with Crippen LogP contribution in [0.15, 0.2) is 12.1 Å². The fourth-order valence-electron chi connectivity index (χ4n) is 1.60. The van der Waals surface area contributed by atoms with Crippen LogP contribution in [-0.2, 0) is 6.18 Å². The highest BCUT2D eigenvalue weighted by atomic mass is 19.4. The van der Waals surface area contributed by atoms with E-state index in [1.165, 1.54) is 0 Å². The maximum atomic E-state index is 13.5. The van der Waals surface area contributed by atoms with Crippen LogP contribution in [0, 0.1) is 34.9 Å². The third kappa shape index (κ3) is 2.60. The monoisotopic (exact) mass is 331 g/mol. The molecule has 2 rings (SSSR count). The highest BCUT2D eigenvalue weighted by Crippen LogP contribution is 2.34. The first-order valence-corrected chi connectivity index (χ1v) is 5.30. The number of aromatic nitrogens is 1. The molecule has 0 bridgehead atoms. The first-order valence-electron chi connectivity index (χ1n) is 5.30. The Balaban J connectivity index is 2.81. The molecule has 2 aromatic rings. The molecule has 1 aromatic heterocycles. The topological polar surface area (TPSA) is 12.9 Å². The molecular weight excluding hydrogens is 329 g/mol. The number of hydrogen-bond donors (Lipinski definition) is 0. The zero-order valence-corrected chi connectivity index (χ0v) is 10.0. The molecule has 0 radical (unpaired) electrons. The van der Waals surface area contributed by atoms with Crippen LogP contribution in [0.4, 0.5) is 39.5 Å². The summed E-state index contributed by atoms with van der Waals surface area (Å²) in [6.07, 6.45) is -5.18. The highest BCUT2D eigenvalue weighted by molar-refractivity contribution is 5.61.